The fourth-order valence-electron chi connectivity index (χ4n) is 4.15. The summed E-state index contributed by atoms with van der Waals surface area (Å²) in [4.78, 5) is 25.5. The van der Waals surface area contributed by atoms with Crippen molar-refractivity contribution in [2.45, 2.75) is 39.7 Å². The molecule has 2 saturated heterocycles. The third-order valence-electron chi connectivity index (χ3n) is 6.15. The fourth-order valence-corrected chi connectivity index (χ4v) is 4.15. The van der Waals surface area contributed by atoms with Gasteiger partial charge in [0.25, 0.3) is 5.91 Å². The van der Waals surface area contributed by atoms with Gasteiger partial charge in [-0.2, -0.15) is 0 Å². The van der Waals surface area contributed by atoms with Crippen LogP contribution < -0.4 is 21.3 Å². The second-order valence-corrected chi connectivity index (χ2v) is 8.55. The summed E-state index contributed by atoms with van der Waals surface area (Å²) < 4.78 is 20.4. The monoisotopic (exact) mass is 493 g/mol. The van der Waals surface area contributed by atoms with Crippen LogP contribution in [-0.4, -0.2) is 73.3 Å². The van der Waals surface area contributed by atoms with E-state index in [2.05, 4.69) is 32.5 Å². The van der Waals surface area contributed by atoms with Gasteiger partial charge in [0.1, 0.15) is 5.82 Å². The predicted octanol–water partition coefficient (Wildman–Crippen LogP) is 3.15. The van der Waals surface area contributed by atoms with Crippen LogP contribution in [0.2, 0.25) is 0 Å². The van der Waals surface area contributed by atoms with Crippen LogP contribution in [0.5, 0.6) is 0 Å². The van der Waals surface area contributed by atoms with E-state index >= 15 is 0 Å². The van der Waals surface area contributed by atoms with Gasteiger partial charge in [0.05, 0.1) is 11.4 Å². The number of carbonyl (C=O) groups is 1. The number of primary amides is 1. The maximum absolute atomic E-state index is 15.0. The SMILES string of the molecule is C.CCc1nc(C(N)=O)c(Nc2ccc(N3CCN(C)CC3)c(F)c2)nc1NC1CCOCC1.F. The lowest BCUT2D eigenvalue weighted by atomic mass is 10.1. The lowest BCUT2D eigenvalue weighted by Crippen LogP contribution is -2.44. The molecule has 1 amide bonds. The Hall–Kier alpha value is -3.05. The first-order chi connectivity index (χ1) is 15.9. The van der Waals surface area contributed by atoms with Crippen molar-refractivity contribution in [3.8, 4) is 0 Å². The van der Waals surface area contributed by atoms with Gasteiger partial charge in [0, 0.05) is 51.1 Å². The highest BCUT2D eigenvalue weighted by molar-refractivity contribution is 5.96. The van der Waals surface area contributed by atoms with Crippen LogP contribution in [0.3, 0.4) is 0 Å². The molecule has 0 spiro atoms. The molecular weight excluding hydrogens is 456 g/mol. The first-order valence-corrected chi connectivity index (χ1v) is 11.5. The molecule has 0 atom stereocenters. The average Bonchev–Trinajstić information content (AvgIpc) is 2.81. The molecule has 0 aliphatic carbocycles. The number of carbonyl (C=O) groups excluding carboxylic acids is 1. The van der Waals surface area contributed by atoms with Crippen molar-refractivity contribution >= 4 is 28.9 Å². The summed E-state index contributed by atoms with van der Waals surface area (Å²) in [6, 6.07) is 5.16. The number of nitrogens with zero attached hydrogens (tertiary/aromatic N) is 4. The van der Waals surface area contributed by atoms with Crippen LogP contribution in [0.4, 0.5) is 32.1 Å². The van der Waals surface area contributed by atoms with Crippen LogP contribution in [0.25, 0.3) is 0 Å². The van der Waals surface area contributed by atoms with Crippen molar-refractivity contribution < 1.29 is 18.6 Å². The highest BCUT2D eigenvalue weighted by atomic mass is 19.1. The van der Waals surface area contributed by atoms with Crippen molar-refractivity contribution in [2.24, 2.45) is 5.73 Å². The topological polar surface area (TPSA) is 109 Å². The first kappa shape index (κ1) is 28.2. The Kier molecular flexibility index (Phi) is 10.1. The minimum atomic E-state index is -0.688. The molecule has 2 aliphatic rings. The number of benzene rings is 1. The molecule has 194 valence electrons. The molecule has 1 aromatic heterocycles. The van der Waals surface area contributed by atoms with E-state index in [1.807, 2.05) is 11.8 Å². The quantitative estimate of drug-likeness (QED) is 0.540. The molecule has 11 heteroatoms. The van der Waals surface area contributed by atoms with Crippen molar-refractivity contribution in [3.05, 3.63) is 35.4 Å². The van der Waals surface area contributed by atoms with E-state index in [4.69, 9.17) is 10.5 Å². The Bertz CT molecular complexity index is 994. The molecule has 0 bridgehead atoms. The Balaban J connectivity index is 0.00000216. The molecule has 4 rings (SSSR count). The number of likely N-dealkylation sites (N-methyl/N-ethyl adjacent to an activating group) is 1. The minimum Gasteiger partial charge on any atom is -0.381 e. The normalized spacial score (nSPS) is 16.7. The predicted molar refractivity (Wildman–Crippen MR) is 136 cm³/mol. The van der Waals surface area contributed by atoms with Gasteiger partial charge in [0.2, 0.25) is 0 Å². The number of piperazine rings is 1. The Labute approximate surface area is 205 Å². The van der Waals surface area contributed by atoms with Gasteiger partial charge in [-0.05, 0) is 44.5 Å². The zero-order valence-electron chi connectivity index (χ0n) is 19.6. The van der Waals surface area contributed by atoms with E-state index in [-0.39, 0.29) is 35.5 Å². The Morgan fingerprint density at radius 3 is 2.46 bits per heavy atom. The Morgan fingerprint density at radius 2 is 1.86 bits per heavy atom. The van der Waals surface area contributed by atoms with E-state index in [0.29, 0.717) is 42.5 Å². The number of ether oxygens (including phenoxy) is 1. The van der Waals surface area contributed by atoms with Crippen LogP contribution in [-0.2, 0) is 11.2 Å². The number of nitrogens with two attached hydrogens (primary N) is 1. The number of halogens is 2. The van der Waals surface area contributed by atoms with Crippen molar-refractivity contribution in [1.82, 2.24) is 14.9 Å². The third kappa shape index (κ3) is 6.76. The van der Waals surface area contributed by atoms with Gasteiger partial charge in [-0.25, -0.2) is 14.4 Å². The number of hydrogen-bond donors (Lipinski definition) is 3. The Morgan fingerprint density at radius 1 is 1.17 bits per heavy atom. The number of rotatable bonds is 7. The summed E-state index contributed by atoms with van der Waals surface area (Å²) in [5.74, 6) is -0.205. The summed E-state index contributed by atoms with van der Waals surface area (Å²) in [5, 5.41) is 6.48. The average molecular weight is 494 g/mol. The molecule has 0 saturated carbocycles. The summed E-state index contributed by atoms with van der Waals surface area (Å²) in [5.41, 5.74) is 7.33. The number of hydrogen-bond acceptors (Lipinski definition) is 8. The van der Waals surface area contributed by atoms with E-state index < -0.39 is 5.91 Å². The lowest BCUT2D eigenvalue weighted by Gasteiger charge is -2.34. The second-order valence-electron chi connectivity index (χ2n) is 8.55. The smallest absolute Gasteiger partial charge is 0.271 e. The zero-order chi connectivity index (χ0) is 23.4. The van der Waals surface area contributed by atoms with Crippen LogP contribution in [0.15, 0.2) is 18.2 Å². The zero-order valence-corrected chi connectivity index (χ0v) is 19.6. The molecule has 35 heavy (non-hydrogen) atoms. The molecule has 2 aromatic rings. The van der Waals surface area contributed by atoms with Crippen LogP contribution in [0, 0.1) is 5.82 Å². The molecule has 9 nitrogen and oxygen atoms in total. The highest BCUT2D eigenvalue weighted by Gasteiger charge is 2.22. The van der Waals surface area contributed by atoms with E-state index in [1.165, 1.54) is 6.07 Å². The van der Waals surface area contributed by atoms with Gasteiger partial charge < -0.3 is 30.9 Å². The number of nitrogens with one attached hydrogen (secondary N) is 2. The van der Waals surface area contributed by atoms with Gasteiger partial charge in [-0.15, -0.1) is 0 Å². The molecule has 0 unspecified atom stereocenters. The van der Waals surface area contributed by atoms with Crippen molar-refractivity contribution in [3.63, 3.8) is 0 Å². The summed E-state index contributed by atoms with van der Waals surface area (Å²) >= 11 is 0. The van der Waals surface area contributed by atoms with E-state index in [1.54, 1.807) is 12.1 Å². The summed E-state index contributed by atoms with van der Waals surface area (Å²) in [7, 11) is 2.06. The van der Waals surface area contributed by atoms with Crippen LogP contribution >= 0.6 is 0 Å². The van der Waals surface area contributed by atoms with Gasteiger partial charge >= 0.3 is 0 Å². The number of aromatic nitrogens is 2. The van der Waals surface area contributed by atoms with Gasteiger partial charge in [0.15, 0.2) is 17.3 Å². The molecule has 2 fully saturated rings. The molecule has 2 aliphatic heterocycles. The standard InChI is InChI=1S/C23H32FN7O2.CH4.FH/c1-3-18-22(26-15-6-12-33-13-7-15)29-23(20(28-18)21(25)32)27-16-4-5-19(17(24)14-16)31-10-8-30(2)9-11-31;;/h4-5,14-15H,3,6-13H2,1-2H3,(H2,25,32)(H2,26,27,29);1H4;1H. The number of anilines is 4. The highest BCUT2D eigenvalue weighted by Crippen LogP contribution is 2.28. The van der Waals surface area contributed by atoms with Gasteiger partial charge in [-0.3, -0.25) is 9.50 Å². The molecule has 3 heterocycles. The number of amides is 1. The van der Waals surface area contributed by atoms with Crippen molar-refractivity contribution in [1.29, 1.82) is 0 Å². The van der Waals surface area contributed by atoms with Crippen molar-refractivity contribution in [2.75, 3.05) is 62.0 Å². The third-order valence-corrected chi connectivity index (χ3v) is 6.15. The molecule has 0 radical (unpaired) electrons. The second kappa shape index (κ2) is 12.6. The summed E-state index contributed by atoms with van der Waals surface area (Å²) in [6.45, 7) is 6.66. The van der Waals surface area contributed by atoms with Crippen LogP contribution in [0.1, 0.15) is 43.4 Å². The molecular formula is C24H37F2N7O2. The van der Waals surface area contributed by atoms with E-state index in [0.717, 1.165) is 39.0 Å². The maximum atomic E-state index is 15.0. The maximum Gasteiger partial charge on any atom is 0.271 e. The van der Waals surface area contributed by atoms with Gasteiger partial charge in [-0.1, -0.05) is 14.4 Å². The summed E-state index contributed by atoms with van der Waals surface area (Å²) in [6.07, 6.45) is 2.32. The minimum absolute atomic E-state index is 0. The number of aryl methyl sites for hydroxylation is 1. The lowest BCUT2D eigenvalue weighted by molar-refractivity contribution is 0.0903. The first-order valence-electron chi connectivity index (χ1n) is 11.5. The fraction of sp³-hybridized carbons (Fsp3) is 0.542. The largest absolute Gasteiger partial charge is 0.381 e. The molecule has 4 N–H and O–H groups in total. The molecule has 1 aromatic carbocycles. The van der Waals surface area contributed by atoms with E-state index in [9.17, 15) is 9.18 Å².